The van der Waals surface area contributed by atoms with Crippen LogP contribution in [0.1, 0.15) is 16.0 Å². The van der Waals surface area contributed by atoms with E-state index in [-0.39, 0.29) is 5.56 Å². The number of hydrogen-bond donors (Lipinski definition) is 1. The molecule has 21 heavy (non-hydrogen) atoms. The average molecular weight is 306 g/mol. The fourth-order valence-electron chi connectivity index (χ4n) is 1.79. The molecule has 0 saturated carbocycles. The van der Waals surface area contributed by atoms with Crippen molar-refractivity contribution in [3.63, 3.8) is 0 Å². The maximum atomic E-state index is 13.5. The van der Waals surface area contributed by atoms with Crippen molar-refractivity contribution in [2.75, 3.05) is 6.61 Å². The van der Waals surface area contributed by atoms with Gasteiger partial charge in [0.05, 0.1) is 13.2 Å². The number of carboxylic acid groups (broad SMARTS) is 1. The van der Waals surface area contributed by atoms with Crippen LogP contribution in [-0.4, -0.2) is 17.7 Å². The minimum absolute atomic E-state index is 0.247. The molecule has 0 saturated heterocycles. The molecule has 110 valence electrons. The average Bonchev–Trinajstić information content (AvgIpc) is 2.97. The normalized spacial score (nSPS) is 11.1. The van der Waals surface area contributed by atoms with Crippen molar-refractivity contribution in [2.45, 2.75) is 13.0 Å². The second kappa shape index (κ2) is 7.71. The van der Waals surface area contributed by atoms with E-state index >= 15 is 0 Å². The summed E-state index contributed by atoms with van der Waals surface area (Å²) in [5.74, 6) is -1.55. The number of thiophene rings is 1. The van der Waals surface area contributed by atoms with Gasteiger partial charge in [0.1, 0.15) is 5.82 Å². The fourth-order valence-corrected chi connectivity index (χ4v) is 2.48. The quantitative estimate of drug-likeness (QED) is 0.626. The van der Waals surface area contributed by atoms with Gasteiger partial charge in [-0.3, -0.25) is 0 Å². The molecule has 3 nitrogen and oxygen atoms in total. The van der Waals surface area contributed by atoms with Crippen LogP contribution in [0.25, 0.3) is 6.08 Å². The van der Waals surface area contributed by atoms with Crippen LogP contribution in [0.4, 0.5) is 4.39 Å². The topological polar surface area (TPSA) is 46.5 Å². The van der Waals surface area contributed by atoms with Gasteiger partial charge in [-0.25, -0.2) is 9.18 Å². The van der Waals surface area contributed by atoms with Gasteiger partial charge < -0.3 is 9.84 Å². The Labute approximate surface area is 126 Å². The highest BCUT2D eigenvalue weighted by atomic mass is 32.1. The molecule has 0 aliphatic heterocycles. The van der Waals surface area contributed by atoms with Gasteiger partial charge in [0.15, 0.2) is 0 Å². The van der Waals surface area contributed by atoms with Crippen molar-refractivity contribution in [1.29, 1.82) is 0 Å². The number of carboxylic acids is 1. The Bertz CT molecular complexity index is 620. The number of aliphatic carboxylic acids is 1. The minimum Gasteiger partial charge on any atom is -0.478 e. The van der Waals surface area contributed by atoms with Crippen molar-refractivity contribution in [2.24, 2.45) is 0 Å². The molecular formula is C16H15FO3S. The highest BCUT2D eigenvalue weighted by molar-refractivity contribution is 7.09. The molecule has 2 rings (SSSR count). The van der Waals surface area contributed by atoms with E-state index < -0.39 is 11.8 Å². The number of halogens is 1. The number of hydrogen-bond acceptors (Lipinski definition) is 3. The van der Waals surface area contributed by atoms with Crippen LogP contribution in [0.15, 0.2) is 41.8 Å². The Morgan fingerprint density at radius 1 is 1.38 bits per heavy atom. The summed E-state index contributed by atoms with van der Waals surface area (Å²) < 4.78 is 19.1. The highest BCUT2D eigenvalue weighted by Gasteiger charge is 2.02. The van der Waals surface area contributed by atoms with Crippen molar-refractivity contribution in [3.8, 4) is 0 Å². The van der Waals surface area contributed by atoms with E-state index in [1.807, 2.05) is 11.4 Å². The van der Waals surface area contributed by atoms with Gasteiger partial charge in [0.25, 0.3) is 0 Å². The van der Waals surface area contributed by atoms with E-state index in [1.165, 1.54) is 17.0 Å². The highest BCUT2D eigenvalue weighted by Crippen LogP contribution is 2.14. The lowest BCUT2D eigenvalue weighted by atomic mass is 10.1. The molecule has 0 spiro atoms. The van der Waals surface area contributed by atoms with Crippen LogP contribution >= 0.6 is 11.3 Å². The molecule has 5 heteroatoms. The summed E-state index contributed by atoms with van der Waals surface area (Å²) in [7, 11) is 0. The van der Waals surface area contributed by atoms with Crippen LogP contribution in [0.5, 0.6) is 0 Å². The Hall–Kier alpha value is -1.98. The molecule has 0 unspecified atom stereocenters. The Morgan fingerprint density at radius 3 is 2.95 bits per heavy atom. The second-order valence-electron chi connectivity index (χ2n) is 4.41. The standard InChI is InChI=1S/C16H15FO3S/c17-15-5-3-12(10-13(15)4-6-16(18)19)11-20-8-7-14-2-1-9-21-14/h1-6,9-10H,7-8,11H2,(H,18,19). The van der Waals surface area contributed by atoms with E-state index in [1.54, 1.807) is 23.5 Å². The fraction of sp³-hybridized carbons (Fsp3) is 0.188. The SMILES string of the molecule is O=C(O)C=Cc1cc(COCCc2cccs2)ccc1F. The van der Waals surface area contributed by atoms with Gasteiger partial charge in [-0.1, -0.05) is 12.1 Å². The number of ether oxygens (including phenoxy) is 1. The third-order valence-electron chi connectivity index (χ3n) is 2.81. The molecule has 0 aliphatic carbocycles. The Balaban J connectivity index is 1.88. The van der Waals surface area contributed by atoms with Crippen LogP contribution in [0, 0.1) is 5.82 Å². The molecule has 0 aliphatic rings. The summed E-state index contributed by atoms with van der Waals surface area (Å²) in [4.78, 5) is 11.7. The number of carbonyl (C=O) groups is 1. The molecule has 0 fully saturated rings. The van der Waals surface area contributed by atoms with Gasteiger partial charge in [0, 0.05) is 22.9 Å². The van der Waals surface area contributed by atoms with Gasteiger partial charge in [-0.2, -0.15) is 0 Å². The van der Waals surface area contributed by atoms with Crippen LogP contribution in [-0.2, 0) is 22.6 Å². The zero-order valence-electron chi connectivity index (χ0n) is 11.3. The van der Waals surface area contributed by atoms with E-state index in [0.29, 0.717) is 13.2 Å². The predicted octanol–water partition coefficient (Wildman–Crippen LogP) is 3.74. The lowest BCUT2D eigenvalue weighted by Gasteiger charge is -2.05. The molecule has 1 aromatic carbocycles. The van der Waals surface area contributed by atoms with Gasteiger partial charge >= 0.3 is 5.97 Å². The van der Waals surface area contributed by atoms with Crippen molar-refractivity contribution in [3.05, 3.63) is 63.6 Å². The third kappa shape index (κ3) is 5.13. The smallest absolute Gasteiger partial charge is 0.328 e. The van der Waals surface area contributed by atoms with Gasteiger partial charge in [-0.05, 0) is 35.2 Å². The molecule has 1 N–H and O–H groups in total. The number of benzene rings is 1. The second-order valence-corrected chi connectivity index (χ2v) is 5.44. The van der Waals surface area contributed by atoms with Crippen LogP contribution in [0.3, 0.4) is 0 Å². The predicted molar refractivity (Wildman–Crippen MR) is 80.7 cm³/mol. The van der Waals surface area contributed by atoms with Gasteiger partial charge in [-0.15, -0.1) is 11.3 Å². The monoisotopic (exact) mass is 306 g/mol. The summed E-state index contributed by atoms with van der Waals surface area (Å²) in [6.45, 7) is 0.970. The van der Waals surface area contributed by atoms with Crippen molar-refractivity contribution >= 4 is 23.4 Å². The van der Waals surface area contributed by atoms with E-state index in [9.17, 15) is 9.18 Å². The first-order chi connectivity index (χ1) is 10.1. The largest absolute Gasteiger partial charge is 0.478 e. The maximum Gasteiger partial charge on any atom is 0.328 e. The first kappa shape index (κ1) is 15.4. The van der Waals surface area contributed by atoms with Crippen molar-refractivity contribution < 1.29 is 19.0 Å². The summed E-state index contributed by atoms with van der Waals surface area (Å²) >= 11 is 1.69. The molecule has 0 atom stereocenters. The Morgan fingerprint density at radius 2 is 2.24 bits per heavy atom. The first-order valence-electron chi connectivity index (χ1n) is 6.45. The van der Waals surface area contributed by atoms with E-state index in [0.717, 1.165) is 18.1 Å². The molecule has 1 aromatic heterocycles. The minimum atomic E-state index is -1.10. The van der Waals surface area contributed by atoms with Gasteiger partial charge in [0.2, 0.25) is 0 Å². The van der Waals surface area contributed by atoms with Crippen LogP contribution < -0.4 is 0 Å². The Kier molecular flexibility index (Phi) is 5.66. The zero-order chi connectivity index (χ0) is 15.1. The molecule has 0 amide bonds. The molecular weight excluding hydrogens is 291 g/mol. The molecule has 1 heterocycles. The first-order valence-corrected chi connectivity index (χ1v) is 7.32. The summed E-state index contributed by atoms with van der Waals surface area (Å²) in [5, 5.41) is 10.6. The van der Waals surface area contributed by atoms with E-state index in [2.05, 4.69) is 6.07 Å². The molecule has 0 radical (unpaired) electrons. The van der Waals surface area contributed by atoms with E-state index in [4.69, 9.17) is 9.84 Å². The maximum absolute atomic E-state index is 13.5. The summed E-state index contributed by atoms with van der Waals surface area (Å²) in [5.41, 5.74) is 1.06. The lowest BCUT2D eigenvalue weighted by molar-refractivity contribution is -0.131. The van der Waals surface area contributed by atoms with Crippen molar-refractivity contribution in [1.82, 2.24) is 0 Å². The summed E-state index contributed by atoms with van der Waals surface area (Å²) in [6.07, 6.45) is 3.01. The molecule has 2 aromatic rings. The summed E-state index contributed by atoms with van der Waals surface area (Å²) in [6, 6.07) is 8.61. The third-order valence-corrected chi connectivity index (χ3v) is 3.74. The number of rotatable bonds is 7. The molecule has 0 bridgehead atoms. The lowest BCUT2D eigenvalue weighted by Crippen LogP contribution is -1.99. The zero-order valence-corrected chi connectivity index (χ0v) is 12.1. The van der Waals surface area contributed by atoms with Crippen LogP contribution in [0.2, 0.25) is 0 Å².